The second kappa shape index (κ2) is 7.86. The minimum absolute atomic E-state index is 0.135. The summed E-state index contributed by atoms with van der Waals surface area (Å²) in [7, 11) is 0. The monoisotopic (exact) mass is 295 g/mol. The Bertz CT molecular complexity index is 299. The van der Waals surface area contributed by atoms with Gasteiger partial charge in [0.2, 0.25) is 0 Å². The first-order chi connectivity index (χ1) is 9.34. The highest BCUT2D eigenvalue weighted by Crippen LogP contribution is 2.34. The van der Waals surface area contributed by atoms with Gasteiger partial charge in [-0.1, -0.05) is 19.8 Å². The molecule has 0 aromatic heterocycles. The molecule has 0 saturated carbocycles. The summed E-state index contributed by atoms with van der Waals surface area (Å²) in [6.07, 6.45) is -0.784. The fourth-order valence-electron chi connectivity index (χ4n) is 2.66. The third-order valence-corrected chi connectivity index (χ3v) is 4.10. The zero-order valence-electron chi connectivity index (χ0n) is 12.0. The third kappa shape index (κ3) is 5.69. The summed E-state index contributed by atoms with van der Waals surface area (Å²) in [6, 6.07) is 0. The minimum atomic E-state index is -4.09. The van der Waals surface area contributed by atoms with Crippen LogP contribution >= 0.6 is 0 Å². The Morgan fingerprint density at radius 1 is 1.30 bits per heavy atom. The van der Waals surface area contributed by atoms with Crippen molar-refractivity contribution in [3.8, 4) is 0 Å². The molecule has 1 aliphatic heterocycles. The van der Waals surface area contributed by atoms with Crippen molar-refractivity contribution in [2.45, 2.75) is 51.6 Å². The first-order valence-corrected chi connectivity index (χ1v) is 7.36. The van der Waals surface area contributed by atoms with Crippen LogP contribution in [0, 0.1) is 11.8 Å². The van der Waals surface area contributed by atoms with Crippen LogP contribution in [-0.4, -0.2) is 41.8 Å². The second-order valence-electron chi connectivity index (χ2n) is 5.62. The van der Waals surface area contributed by atoms with E-state index in [2.05, 4.69) is 0 Å². The highest BCUT2D eigenvalue weighted by atomic mass is 19.4. The Morgan fingerprint density at radius 2 is 1.90 bits per heavy atom. The van der Waals surface area contributed by atoms with E-state index in [1.807, 2.05) is 11.8 Å². The van der Waals surface area contributed by atoms with E-state index < -0.39 is 18.1 Å². The van der Waals surface area contributed by atoms with Gasteiger partial charge >= 0.3 is 12.1 Å². The van der Waals surface area contributed by atoms with Gasteiger partial charge in [0.05, 0.1) is 11.8 Å². The molecule has 0 aromatic rings. The molecule has 0 amide bonds. The van der Waals surface area contributed by atoms with Crippen molar-refractivity contribution in [1.82, 2.24) is 4.90 Å². The van der Waals surface area contributed by atoms with E-state index in [1.54, 1.807) is 0 Å². The van der Waals surface area contributed by atoms with E-state index in [9.17, 15) is 18.0 Å². The summed E-state index contributed by atoms with van der Waals surface area (Å²) in [5.41, 5.74) is 0. The van der Waals surface area contributed by atoms with Gasteiger partial charge < -0.3 is 10.0 Å². The number of hydrogen-bond donors (Lipinski definition) is 1. The van der Waals surface area contributed by atoms with Crippen molar-refractivity contribution in [3.63, 3.8) is 0 Å². The molecule has 0 spiro atoms. The number of halogens is 3. The van der Waals surface area contributed by atoms with E-state index in [0.29, 0.717) is 32.5 Å². The van der Waals surface area contributed by atoms with E-state index in [4.69, 9.17) is 5.11 Å². The van der Waals surface area contributed by atoms with Crippen molar-refractivity contribution in [2.75, 3.05) is 19.6 Å². The molecular formula is C14H24F3NO2. The number of hydrogen-bond acceptors (Lipinski definition) is 2. The second-order valence-corrected chi connectivity index (χ2v) is 5.62. The largest absolute Gasteiger partial charge is 0.481 e. The van der Waals surface area contributed by atoms with E-state index in [1.165, 1.54) is 0 Å². The normalized spacial score (nSPS) is 20.0. The first kappa shape index (κ1) is 17.3. The lowest BCUT2D eigenvalue weighted by Gasteiger charge is -2.33. The van der Waals surface area contributed by atoms with Crippen LogP contribution in [-0.2, 0) is 4.79 Å². The Labute approximate surface area is 118 Å². The molecule has 1 rings (SSSR count). The van der Waals surface area contributed by atoms with Crippen LogP contribution in [0.1, 0.15) is 45.4 Å². The van der Waals surface area contributed by atoms with Crippen molar-refractivity contribution in [2.24, 2.45) is 11.8 Å². The van der Waals surface area contributed by atoms with Gasteiger partial charge in [-0.05, 0) is 45.3 Å². The number of aliphatic carboxylic acids is 1. The maximum Gasteiger partial charge on any atom is 0.391 e. The van der Waals surface area contributed by atoms with E-state index >= 15 is 0 Å². The lowest BCUT2D eigenvalue weighted by Crippen LogP contribution is -2.40. The fourth-order valence-corrected chi connectivity index (χ4v) is 2.66. The molecule has 1 aliphatic rings. The topological polar surface area (TPSA) is 40.5 Å². The summed E-state index contributed by atoms with van der Waals surface area (Å²) >= 11 is 0. The molecule has 1 unspecified atom stereocenters. The quantitative estimate of drug-likeness (QED) is 0.781. The van der Waals surface area contributed by atoms with Gasteiger partial charge in [-0.25, -0.2) is 0 Å². The molecular weight excluding hydrogens is 271 g/mol. The Hall–Kier alpha value is -0.780. The zero-order chi connectivity index (χ0) is 15.2. The number of alkyl halides is 3. The van der Waals surface area contributed by atoms with Crippen LogP contribution < -0.4 is 0 Å². The Morgan fingerprint density at radius 3 is 2.35 bits per heavy atom. The summed E-state index contributed by atoms with van der Waals surface area (Å²) in [4.78, 5) is 13.1. The van der Waals surface area contributed by atoms with Gasteiger partial charge in [-0.15, -0.1) is 0 Å². The molecule has 118 valence electrons. The van der Waals surface area contributed by atoms with Gasteiger partial charge in [0.25, 0.3) is 0 Å². The number of carbonyl (C=O) groups is 1. The molecule has 1 saturated heterocycles. The van der Waals surface area contributed by atoms with Gasteiger partial charge in [0, 0.05) is 0 Å². The third-order valence-electron chi connectivity index (χ3n) is 4.10. The smallest absolute Gasteiger partial charge is 0.391 e. The van der Waals surface area contributed by atoms with Crippen LogP contribution in [0.25, 0.3) is 0 Å². The van der Waals surface area contributed by atoms with E-state index in [-0.39, 0.29) is 18.8 Å². The summed E-state index contributed by atoms with van der Waals surface area (Å²) in [6.45, 7) is 3.45. The van der Waals surface area contributed by atoms with Crippen LogP contribution in [0.5, 0.6) is 0 Å². The van der Waals surface area contributed by atoms with Crippen LogP contribution in [0.15, 0.2) is 0 Å². The molecule has 6 heteroatoms. The number of unbranched alkanes of at least 4 members (excludes halogenated alkanes) is 1. The SMILES string of the molecule is CCCCC(CCN1CCC(C(F)(F)F)CC1)C(=O)O. The van der Waals surface area contributed by atoms with Gasteiger partial charge in [-0.2, -0.15) is 13.2 Å². The predicted octanol–water partition coefficient (Wildman–Crippen LogP) is 3.54. The number of rotatable bonds is 7. The van der Waals surface area contributed by atoms with Crippen LogP contribution in [0.2, 0.25) is 0 Å². The molecule has 3 nitrogen and oxygen atoms in total. The fraction of sp³-hybridized carbons (Fsp3) is 0.929. The van der Waals surface area contributed by atoms with Crippen LogP contribution in [0.3, 0.4) is 0 Å². The lowest BCUT2D eigenvalue weighted by atomic mass is 9.94. The summed E-state index contributed by atoms with van der Waals surface area (Å²) < 4.78 is 37.6. The first-order valence-electron chi connectivity index (χ1n) is 7.36. The Kier molecular flexibility index (Phi) is 6.79. The van der Waals surface area contributed by atoms with E-state index in [0.717, 1.165) is 12.8 Å². The van der Waals surface area contributed by atoms with Gasteiger partial charge in [0.1, 0.15) is 0 Å². The highest BCUT2D eigenvalue weighted by Gasteiger charge is 2.40. The molecule has 0 aromatic carbocycles. The number of likely N-dealkylation sites (tertiary alicyclic amines) is 1. The molecule has 1 atom stereocenters. The molecule has 20 heavy (non-hydrogen) atoms. The average Bonchev–Trinajstić information content (AvgIpc) is 2.38. The summed E-state index contributed by atoms with van der Waals surface area (Å²) in [5, 5.41) is 9.11. The van der Waals surface area contributed by atoms with Gasteiger partial charge in [-0.3, -0.25) is 4.79 Å². The number of nitrogens with zero attached hydrogens (tertiary/aromatic N) is 1. The van der Waals surface area contributed by atoms with Crippen molar-refractivity contribution in [3.05, 3.63) is 0 Å². The maximum absolute atomic E-state index is 12.5. The number of carboxylic acids is 1. The Balaban J connectivity index is 2.30. The standard InChI is InChI=1S/C14H24F3NO2/c1-2-3-4-11(13(19)20)5-8-18-9-6-12(7-10-18)14(15,16)17/h11-12H,2-10H2,1H3,(H,19,20). The lowest BCUT2D eigenvalue weighted by molar-refractivity contribution is -0.185. The summed E-state index contributed by atoms with van der Waals surface area (Å²) in [5.74, 6) is -2.34. The molecule has 0 bridgehead atoms. The molecule has 0 aliphatic carbocycles. The predicted molar refractivity (Wildman–Crippen MR) is 70.5 cm³/mol. The zero-order valence-corrected chi connectivity index (χ0v) is 12.0. The molecule has 1 fully saturated rings. The average molecular weight is 295 g/mol. The van der Waals surface area contributed by atoms with Crippen molar-refractivity contribution < 1.29 is 23.1 Å². The number of piperidine rings is 1. The maximum atomic E-state index is 12.5. The van der Waals surface area contributed by atoms with Gasteiger partial charge in [0.15, 0.2) is 0 Å². The number of carboxylic acid groups (broad SMARTS) is 1. The van der Waals surface area contributed by atoms with Crippen molar-refractivity contribution in [1.29, 1.82) is 0 Å². The minimum Gasteiger partial charge on any atom is -0.481 e. The van der Waals surface area contributed by atoms with Crippen LogP contribution in [0.4, 0.5) is 13.2 Å². The molecule has 1 N–H and O–H groups in total. The highest BCUT2D eigenvalue weighted by molar-refractivity contribution is 5.69. The van der Waals surface area contributed by atoms with Crippen molar-refractivity contribution >= 4 is 5.97 Å². The molecule has 0 radical (unpaired) electrons. The molecule has 1 heterocycles.